The molecule has 1 aromatic heterocycles. The third-order valence-corrected chi connectivity index (χ3v) is 6.04. The fraction of sp³-hybridized carbons (Fsp3) is 0.348. The third kappa shape index (κ3) is 4.18. The van der Waals surface area contributed by atoms with Gasteiger partial charge in [0, 0.05) is 21.9 Å². The van der Waals surface area contributed by atoms with E-state index in [1.807, 2.05) is 18.2 Å². The van der Waals surface area contributed by atoms with Crippen LogP contribution in [0.5, 0.6) is 0 Å². The largest absolute Gasteiger partial charge is 0.308 e. The zero-order chi connectivity index (χ0) is 21.1. The van der Waals surface area contributed by atoms with E-state index in [-0.39, 0.29) is 11.8 Å². The topological polar surface area (TPSA) is 84.8 Å². The van der Waals surface area contributed by atoms with Crippen LogP contribution in [0.2, 0.25) is 5.02 Å². The van der Waals surface area contributed by atoms with Crippen molar-refractivity contribution >= 4 is 34.2 Å². The fourth-order valence-electron chi connectivity index (χ4n) is 4.05. The summed E-state index contributed by atoms with van der Waals surface area (Å²) in [6.45, 7) is 5.20. The Kier molecular flexibility index (Phi) is 6.03. The number of amides is 1. The molecule has 0 radical (unpaired) electrons. The molecule has 0 atom stereocenters. The number of piperidine rings is 1. The average Bonchev–Trinajstić information content (AvgIpc) is 3.17. The standard InChI is InChI=1S/C23H24ClN5O/c1-2-9-29-10-7-16(8-11-29)23(30)26-22-19-13-17(4-6-21(19)27-28-22)18-12-15(14-25)3-5-20(18)24/h3-6,12-13,16H,2,7-11H2,1H3,(H2,26,27,28,30). The van der Waals surface area contributed by atoms with Crippen molar-refractivity contribution in [1.82, 2.24) is 15.1 Å². The second kappa shape index (κ2) is 8.86. The molecule has 6 nitrogen and oxygen atoms in total. The summed E-state index contributed by atoms with van der Waals surface area (Å²) in [6, 6.07) is 13.1. The molecule has 2 aromatic carbocycles. The fourth-order valence-corrected chi connectivity index (χ4v) is 4.27. The van der Waals surface area contributed by atoms with Crippen LogP contribution < -0.4 is 5.32 Å². The van der Waals surface area contributed by atoms with Gasteiger partial charge in [0.15, 0.2) is 5.82 Å². The van der Waals surface area contributed by atoms with E-state index in [0.717, 1.165) is 60.9 Å². The van der Waals surface area contributed by atoms with Gasteiger partial charge in [0.05, 0.1) is 17.1 Å². The lowest BCUT2D eigenvalue weighted by Crippen LogP contribution is -2.38. The molecular formula is C23H24ClN5O. The molecular weight excluding hydrogens is 398 g/mol. The summed E-state index contributed by atoms with van der Waals surface area (Å²) >= 11 is 6.37. The van der Waals surface area contributed by atoms with Gasteiger partial charge in [-0.15, -0.1) is 0 Å². The van der Waals surface area contributed by atoms with Gasteiger partial charge in [-0.3, -0.25) is 9.89 Å². The number of nitrogens with one attached hydrogen (secondary N) is 2. The molecule has 1 aliphatic heterocycles. The van der Waals surface area contributed by atoms with Crippen molar-refractivity contribution in [2.24, 2.45) is 5.92 Å². The maximum absolute atomic E-state index is 12.8. The predicted molar refractivity (Wildman–Crippen MR) is 119 cm³/mol. The minimum Gasteiger partial charge on any atom is -0.308 e. The summed E-state index contributed by atoms with van der Waals surface area (Å²) in [5.41, 5.74) is 3.03. The van der Waals surface area contributed by atoms with Crippen LogP contribution in [-0.4, -0.2) is 40.6 Å². The molecule has 0 aliphatic carbocycles. The van der Waals surface area contributed by atoms with Gasteiger partial charge in [-0.05, 0) is 74.8 Å². The molecule has 2 N–H and O–H groups in total. The van der Waals surface area contributed by atoms with Crippen LogP contribution in [0, 0.1) is 17.2 Å². The first-order chi connectivity index (χ1) is 14.6. The van der Waals surface area contributed by atoms with E-state index < -0.39 is 0 Å². The van der Waals surface area contributed by atoms with Crippen LogP contribution in [0.3, 0.4) is 0 Å². The van der Waals surface area contributed by atoms with Crippen molar-refractivity contribution in [3.63, 3.8) is 0 Å². The van der Waals surface area contributed by atoms with Gasteiger partial charge in [0.2, 0.25) is 5.91 Å². The summed E-state index contributed by atoms with van der Waals surface area (Å²) in [5.74, 6) is 0.560. The van der Waals surface area contributed by atoms with Crippen molar-refractivity contribution in [3.05, 3.63) is 47.0 Å². The highest BCUT2D eigenvalue weighted by molar-refractivity contribution is 6.33. The second-order valence-corrected chi connectivity index (χ2v) is 8.15. The highest BCUT2D eigenvalue weighted by Gasteiger charge is 2.25. The van der Waals surface area contributed by atoms with Gasteiger partial charge in [0.1, 0.15) is 0 Å². The van der Waals surface area contributed by atoms with Gasteiger partial charge in [0.25, 0.3) is 0 Å². The Labute approximate surface area is 180 Å². The zero-order valence-corrected chi connectivity index (χ0v) is 17.7. The van der Waals surface area contributed by atoms with Gasteiger partial charge in [-0.1, -0.05) is 24.6 Å². The molecule has 1 saturated heterocycles. The molecule has 0 bridgehead atoms. The number of carbonyl (C=O) groups is 1. The van der Waals surface area contributed by atoms with Crippen LogP contribution >= 0.6 is 11.6 Å². The number of hydrogen-bond donors (Lipinski definition) is 2. The van der Waals surface area contributed by atoms with E-state index in [1.54, 1.807) is 18.2 Å². The Bertz CT molecular complexity index is 1110. The number of nitrogens with zero attached hydrogens (tertiary/aromatic N) is 3. The highest BCUT2D eigenvalue weighted by atomic mass is 35.5. The number of rotatable bonds is 5. The monoisotopic (exact) mass is 421 g/mol. The molecule has 3 aromatic rings. The third-order valence-electron chi connectivity index (χ3n) is 5.71. The Morgan fingerprint density at radius 1 is 1.30 bits per heavy atom. The van der Waals surface area contributed by atoms with Crippen molar-refractivity contribution in [3.8, 4) is 17.2 Å². The predicted octanol–water partition coefficient (Wildman–Crippen LogP) is 4.82. The molecule has 1 aliphatic rings. The Morgan fingerprint density at radius 2 is 2.10 bits per heavy atom. The second-order valence-electron chi connectivity index (χ2n) is 7.74. The first kappa shape index (κ1) is 20.4. The molecule has 154 valence electrons. The zero-order valence-electron chi connectivity index (χ0n) is 16.9. The van der Waals surface area contributed by atoms with Gasteiger partial charge in [-0.25, -0.2) is 0 Å². The maximum Gasteiger partial charge on any atom is 0.228 e. The quantitative estimate of drug-likeness (QED) is 0.618. The molecule has 1 fully saturated rings. The van der Waals surface area contributed by atoms with E-state index in [2.05, 4.69) is 33.4 Å². The van der Waals surface area contributed by atoms with E-state index in [1.165, 1.54) is 0 Å². The lowest BCUT2D eigenvalue weighted by atomic mass is 9.95. The molecule has 0 saturated carbocycles. The number of likely N-dealkylation sites (tertiary alicyclic amines) is 1. The molecule has 2 heterocycles. The van der Waals surface area contributed by atoms with Crippen LogP contribution in [-0.2, 0) is 4.79 Å². The number of aromatic nitrogens is 2. The van der Waals surface area contributed by atoms with Gasteiger partial charge < -0.3 is 10.2 Å². The summed E-state index contributed by atoms with van der Waals surface area (Å²) in [4.78, 5) is 15.2. The molecule has 4 rings (SSSR count). The van der Waals surface area contributed by atoms with E-state index in [4.69, 9.17) is 11.6 Å². The van der Waals surface area contributed by atoms with Crippen molar-refractivity contribution in [2.45, 2.75) is 26.2 Å². The van der Waals surface area contributed by atoms with Crippen molar-refractivity contribution in [1.29, 1.82) is 5.26 Å². The van der Waals surface area contributed by atoms with Gasteiger partial charge >= 0.3 is 0 Å². The minimum atomic E-state index is 0.00907. The van der Waals surface area contributed by atoms with E-state index in [0.29, 0.717) is 16.4 Å². The number of halogens is 1. The smallest absolute Gasteiger partial charge is 0.228 e. The number of nitriles is 1. The first-order valence-electron chi connectivity index (χ1n) is 10.3. The molecule has 1 amide bonds. The number of carbonyl (C=O) groups excluding carboxylic acids is 1. The number of fused-ring (bicyclic) bond motifs is 1. The van der Waals surface area contributed by atoms with Gasteiger partial charge in [-0.2, -0.15) is 10.4 Å². The molecule has 0 spiro atoms. The number of anilines is 1. The lowest BCUT2D eigenvalue weighted by Gasteiger charge is -2.30. The van der Waals surface area contributed by atoms with E-state index >= 15 is 0 Å². The number of benzene rings is 2. The minimum absolute atomic E-state index is 0.00907. The number of hydrogen-bond acceptors (Lipinski definition) is 4. The first-order valence-corrected chi connectivity index (χ1v) is 10.7. The average molecular weight is 422 g/mol. The summed E-state index contributed by atoms with van der Waals surface area (Å²) in [5, 5.41) is 20.9. The Balaban J connectivity index is 1.55. The summed E-state index contributed by atoms with van der Waals surface area (Å²) in [6.07, 6.45) is 2.88. The number of aromatic amines is 1. The van der Waals surface area contributed by atoms with Crippen molar-refractivity contribution in [2.75, 3.05) is 25.0 Å². The molecule has 0 unspecified atom stereocenters. The summed E-state index contributed by atoms with van der Waals surface area (Å²) in [7, 11) is 0. The van der Waals surface area contributed by atoms with Crippen LogP contribution in [0.1, 0.15) is 31.7 Å². The van der Waals surface area contributed by atoms with Crippen molar-refractivity contribution < 1.29 is 4.79 Å². The Morgan fingerprint density at radius 3 is 2.83 bits per heavy atom. The molecule has 7 heteroatoms. The lowest BCUT2D eigenvalue weighted by molar-refractivity contribution is -0.121. The maximum atomic E-state index is 12.8. The number of H-pyrrole nitrogens is 1. The normalized spacial score (nSPS) is 15.2. The molecule has 30 heavy (non-hydrogen) atoms. The SMILES string of the molecule is CCCN1CCC(C(=O)Nc2n[nH]c3ccc(-c4cc(C#N)ccc4Cl)cc23)CC1. The van der Waals surface area contributed by atoms with Crippen LogP contribution in [0.4, 0.5) is 5.82 Å². The summed E-state index contributed by atoms with van der Waals surface area (Å²) < 4.78 is 0. The van der Waals surface area contributed by atoms with Crippen LogP contribution in [0.15, 0.2) is 36.4 Å². The van der Waals surface area contributed by atoms with E-state index in [9.17, 15) is 10.1 Å². The van der Waals surface area contributed by atoms with Crippen LogP contribution in [0.25, 0.3) is 22.0 Å². The Hall–Kier alpha value is -2.88. The highest BCUT2D eigenvalue weighted by Crippen LogP contribution is 2.33.